The number of carbonyl (C=O) groups is 1. The van der Waals surface area contributed by atoms with Crippen LogP contribution in [0.2, 0.25) is 0 Å². The molecule has 1 aliphatic rings. The molecule has 1 aromatic carbocycles. The van der Waals surface area contributed by atoms with Crippen LogP contribution >= 0.6 is 0 Å². The van der Waals surface area contributed by atoms with Crippen LogP contribution < -0.4 is 5.32 Å². The van der Waals surface area contributed by atoms with Crippen molar-refractivity contribution in [3.05, 3.63) is 47.0 Å². The summed E-state index contributed by atoms with van der Waals surface area (Å²) in [4.78, 5) is 19.3. The molecule has 3 N–H and O–H groups in total. The van der Waals surface area contributed by atoms with E-state index >= 15 is 0 Å². The van der Waals surface area contributed by atoms with E-state index in [0.29, 0.717) is 12.5 Å². The minimum Gasteiger partial charge on any atom is -0.504 e. The molecule has 0 aliphatic heterocycles. The van der Waals surface area contributed by atoms with E-state index in [0.717, 1.165) is 30.3 Å². The van der Waals surface area contributed by atoms with Crippen molar-refractivity contribution < 1.29 is 18.7 Å². The fourth-order valence-corrected chi connectivity index (χ4v) is 2.57. The Hall–Kier alpha value is -2.44. The van der Waals surface area contributed by atoms with Crippen LogP contribution in [0.1, 0.15) is 40.6 Å². The molecule has 1 heterocycles. The molecule has 1 aliphatic carbocycles. The number of phenolic OH excluding ortho intramolecular Hbond substituents is 1. The summed E-state index contributed by atoms with van der Waals surface area (Å²) in [6.07, 6.45) is 3.95. The fraction of sp³-hybridized carbons (Fsp3) is 0.286. The van der Waals surface area contributed by atoms with E-state index in [1.165, 1.54) is 0 Å². The monoisotopic (exact) mass is 293 g/mol. The fourth-order valence-electron chi connectivity index (χ4n) is 2.57. The normalized spacial score (nSPS) is 17.3. The van der Waals surface area contributed by atoms with Crippen molar-refractivity contribution in [2.45, 2.75) is 25.3 Å². The standard InChI is InChI=1S/C14H13F2N3O2/c15-7-4-8(13(20)9(16)5-7)14(21)19-11-3-1-2-10-12(11)18-6-17-10/h4-6,11,20H,1-3H2,(H,17,18)(H,19,21). The third-order valence-electron chi connectivity index (χ3n) is 3.58. The first-order valence-electron chi connectivity index (χ1n) is 6.57. The van der Waals surface area contributed by atoms with Gasteiger partial charge in [0.1, 0.15) is 5.82 Å². The number of halogens is 2. The highest BCUT2D eigenvalue weighted by atomic mass is 19.1. The van der Waals surface area contributed by atoms with E-state index in [2.05, 4.69) is 15.3 Å². The molecule has 1 unspecified atom stereocenters. The molecule has 2 aromatic rings. The summed E-state index contributed by atoms with van der Waals surface area (Å²) in [6.45, 7) is 0. The number of aromatic nitrogens is 2. The van der Waals surface area contributed by atoms with Gasteiger partial charge in [-0.15, -0.1) is 0 Å². The van der Waals surface area contributed by atoms with Crippen LogP contribution in [0.15, 0.2) is 18.5 Å². The summed E-state index contributed by atoms with van der Waals surface area (Å²) in [5.41, 5.74) is 1.25. The van der Waals surface area contributed by atoms with Gasteiger partial charge in [0.2, 0.25) is 0 Å². The van der Waals surface area contributed by atoms with Crippen molar-refractivity contribution in [3.63, 3.8) is 0 Å². The predicted molar refractivity (Wildman–Crippen MR) is 69.8 cm³/mol. The largest absolute Gasteiger partial charge is 0.504 e. The number of rotatable bonds is 2. The number of amides is 1. The molecule has 0 radical (unpaired) electrons. The van der Waals surface area contributed by atoms with Crippen molar-refractivity contribution in [1.82, 2.24) is 15.3 Å². The number of aryl methyl sites for hydroxylation is 1. The summed E-state index contributed by atoms with van der Waals surface area (Å²) in [5.74, 6) is -3.66. The van der Waals surface area contributed by atoms with Crippen LogP contribution in [-0.2, 0) is 6.42 Å². The van der Waals surface area contributed by atoms with Crippen molar-refractivity contribution >= 4 is 5.91 Å². The van der Waals surface area contributed by atoms with Crippen LogP contribution in [0.3, 0.4) is 0 Å². The molecule has 1 amide bonds. The Morgan fingerprint density at radius 3 is 3.05 bits per heavy atom. The molecule has 0 saturated heterocycles. The van der Waals surface area contributed by atoms with Crippen molar-refractivity contribution in [2.24, 2.45) is 0 Å². The Balaban J connectivity index is 1.86. The number of nitrogens with zero attached hydrogens (tertiary/aromatic N) is 1. The summed E-state index contributed by atoms with van der Waals surface area (Å²) in [5, 5.41) is 12.2. The number of aromatic hydroxyl groups is 1. The van der Waals surface area contributed by atoms with E-state index in [-0.39, 0.29) is 6.04 Å². The predicted octanol–water partition coefficient (Wildman–Crippen LogP) is 2.20. The molecule has 1 atom stereocenters. The first-order chi connectivity index (χ1) is 10.1. The Morgan fingerprint density at radius 2 is 2.24 bits per heavy atom. The van der Waals surface area contributed by atoms with Gasteiger partial charge in [-0.2, -0.15) is 0 Å². The van der Waals surface area contributed by atoms with E-state index in [9.17, 15) is 18.7 Å². The second-order valence-corrected chi connectivity index (χ2v) is 4.97. The third-order valence-corrected chi connectivity index (χ3v) is 3.58. The number of fused-ring (bicyclic) bond motifs is 1. The molecule has 21 heavy (non-hydrogen) atoms. The average Bonchev–Trinajstić information content (AvgIpc) is 2.92. The average molecular weight is 293 g/mol. The van der Waals surface area contributed by atoms with Gasteiger partial charge in [-0.3, -0.25) is 4.79 Å². The Bertz CT molecular complexity index is 700. The highest BCUT2D eigenvalue weighted by Crippen LogP contribution is 2.28. The minimum absolute atomic E-state index is 0.335. The molecular formula is C14H13F2N3O2. The van der Waals surface area contributed by atoms with Crippen molar-refractivity contribution in [1.29, 1.82) is 0 Å². The number of imidazole rings is 1. The van der Waals surface area contributed by atoms with Crippen LogP contribution in [0.5, 0.6) is 5.75 Å². The van der Waals surface area contributed by atoms with Gasteiger partial charge in [-0.05, 0) is 25.3 Å². The quantitative estimate of drug-likeness (QED) is 0.794. The van der Waals surface area contributed by atoms with Crippen LogP contribution in [0.25, 0.3) is 0 Å². The third kappa shape index (κ3) is 2.46. The van der Waals surface area contributed by atoms with Gasteiger partial charge < -0.3 is 15.4 Å². The Labute approximate surface area is 119 Å². The smallest absolute Gasteiger partial charge is 0.255 e. The highest BCUT2D eigenvalue weighted by molar-refractivity contribution is 5.97. The zero-order valence-corrected chi connectivity index (χ0v) is 11.0. The van der Waals surface area contributed by atoms with Crippen molar-refractivity contribution in [3.8, 4) is 5.75 Å². The van der Waals surface area contributed by atoms with Gasteiger partial charge in [-0.1, -0.05) is 0 Å². The van der Waals surface area contributed by atoms with Gasteiger partial charge in [0, 0.05) is 11.8 Å². The van der Waals surface area contributed by atoms with Crippen LogP contribution in [-0.4, -0.2) is 21.0 Å². The molecule has 0 fully saturated rings. The first kappa shape index (κ1) is 13.5. The Morgan fingerprint density at radius 1 is 1.43 bits per heavy atom. The lowest BCUT2D eigenvalue weighted by molar-refractivity contribution is 0.0927. The summed E-state index contributed by atoms with van der Waals surface area (Å²) >= 11 is 0. The molecule has 110 valence electrons. The molecule has 7 heteroatoms. The maximum absolute atomic E-state index is 13.3. The molecule has 3 rings (SSSR count). The first-order valence-corrected chi connectivity index (χ1v) is 6.57. The second kappa shape index (κ2) is 5.16. The number of aromatic amines is 1. The van der Waals surface area contributed by atoms with Gasteiger partial charge >= 0.3 is 0 Å². The lowest BCUT2D eigenvalue weighted by Crippen LogP contribution is -2.31. The summed E-state index contributed by atoms with van der Waals surface area (Å²) in [6, 6.07) is 0.999. The van der Waals surface area contributed by atoms with Crippen LogP contribution in [0, 0.1) is 11.6 Å². The SMILES string of the molecule is O=C(NC1CCCc2[nH]cnc21)c1cc(F)cc(F)c1O. The number of benzene rings is 1. The lowest BCUT2D eigenvalue weighted by Gasteiger charge is -2.22. The van der Waals surface area contributed by atoms with Gasteiger partial charge in [-0.25, -0.2) is 13.8 Å². The number of hydrogen-bond donors (Lipinski definition) is 3. The second-order valence-electron chi connectivity index (χ2n) is 4.97. The Kier molecular flexibility index (Phi) is 3.32. The van der Waals surface area contributed by atoms with E-state index in [1.54, 1.807) is 6.33 Å². The lowest BCUT2D eigenvalue weighted by atomic mass is 9.96. The summed E-state index contributed by atoms with van der Waals surface area (Å²) < 4.78 is 26.5. The van der Waals surface area contributed by atoms with E-state index < -0.39 is 28.9 Å². The summed E-state index contributed by atoms with van der Waals surface area (Å²) in [7, 11) is 0. The number of carbonyl (C=O) groups excluding carboxylic acids is 1. The zero-order valence-electron chi connectivity index (χ0n) is 11.0. The van der Waals surface area contributed by atoms with Gasteiger partial charge in [0.25, 0.3) is 5.91 Å². The van der Waals surface area contributed by atoms with Crippen LogP contribution in [0.4, 0.5) is 8.78 Å². The number of nitrogens with one attached hydrogen (secondary N) is 2. The van der Waals surface area contributed by atoms with Gasteiger partial charge in [0.15, 0.2) is 11.6 Å². The maximum atomic E-state index is 13.3. The molecule has 1 aromatic heterocycles. The highest BCUT2D eigenvalue weighted by Gasteiger charge is 2.26. The molecule has 0 spiro atoms. The number of H-pyrrole nitrogens is 1. The molecule has 0 bridgehead atoms. The number of hydrogen-bond acceptors (Lipinski definition) is 3. The van der Waals surface area contributed by atoms with Crippen molar-refractivity contribution in [2.75, 3.05) is 0 Å². The minimum atomic E-state index is -1.16. The number of phenols is 1. The maximum Gasteiger partial charge on any atom is 0.255 e. The molecule has 0 saturated carbocycles. The molecule has 5 nitrogen and oxygen atoms in total. The zero-order chi connectivity index (χ0) is 15.0. The topological polar surface area (TPSA) is 78.0 Å². The van der Waals surface area contributed by atoms with E-state index in [4.69, 9.17) is 0 Å². The molecular weight excluding hydrogens is 280 g/mol. The van der Waals surface area contributed by atoms with E-state index in [1.807, 2.05) is 0 Å². The van der Waals surface area contributed by atoms with Gasteiger partial charge in [0.05, 0.1) is 23.6 Å².